The summed E-state index contributed by atoms with van der Waals surface area (Å²) >= 11 is 18.1. The normalized spacial score (nSPS) is 14.5. The molecular weight excluding hydrogens is 888 g/mol. The van der Waals surface area contributed by atoms with E-state index in [1.54, 1.807) is 37.3 Å². The smallest absolute Gasteiger partial charge is 0.338 e. The van der Waals surface area contributed by atoms with Crippen LogP contribution in [0.1, 0.15) is 35.2 Å². The van der Waals surface area contributed by atoms with Gasteiger partial charge in [-0.1, -0.05) is 83.1 Å². The molecule has 1 aliphatic rings. The lowest BCUT2D eigenvalue weighted by Crippen LogP contribution is -2.40. The largest absolute Gasteiger partial charge is 0.487 e. The van der Waals surface area contributed by atoms with Crippen molar-refractivity contribution in [2.45, 2.75) is 19.6 Å². The van der Waals surface area contributed by atoms with Gasteiger partial charge in [-0.2, -0.15) is 0 Å². The van der Waals surface area contributed by atoms with Gasteiger partial charge in [0.25, 0.3) is 5.56 Å². The van der Waals surface area contributed by atoms with E-state index < -0.39 is 17.8 Å². The summed E-state index contributed by atoms with van der Waals surface area (Å²) in [5.74, 6) is -0.468. The van der Waals surface area contributed by atoms with Gasteiger partial charge in [-0.05, 0) is 100 Å². The zero-order valence-electron chi connectivity index (χ0n) is 24.5. The van der Waals surface area contributed by atoms with Crippen molar-refractivity contribution in [3.8, 4) is 5.75 Å². The molecule has 1 aliphatic heterocycles. The number of nitrogens with zero attached hydrogens (tertiary/aromatic N) is 2. The van der Waals surface area contributed by atoms with Crippen LogP contribution in [0.2, 0.25) is 10.0 Å². The standard InChI is InChI=1S/C35H23Cl2FI2N2O4S/c1-2-45-34(44)29-30(19-6-4-3-5-7-19)41-35-42(31(29)20-9-12-24(38)13-10-20)33(43)28(47-35)15-22-14-25(39)17-27(40)32(22)46-18-21-8-11-23(36)16-26(21)37/h3-17,31H,2,18H2,1H3/b28-15-/t31-/m0/s1. The molecule has 238 valence electrons. The van der Waals surface area contributed by atoms with Crippen LogP contribution in [0, 0.1) is 13.0 Å². The van der Waals surface area contributed by atoms with E-state index in [0.717, 1.165) is 12.7 Å². The lowest BCUT2D eigenvalue weighted by molar-refractivity contribution is -0.138. The monoisotopic (exact) mass is 910 g/mol. The van der Waals surface area contributed by atoms with E-state index in [2.05, 4.69) is 45.2 Å². The lowest BCUT2D eigenvalue weighted by Gasteiger charge is -2.25. The third-order valence-electron chi connectivity index (χ3n) is 7.27. The highest BCUT2D eigenvalue weighted by atomic mass is 127. The van der Waals surface area contributed by atoms with Crippen molar-refractivity contribution in [3.05, 3.63) is 155 Å². The lowest BCUT2D eigenvalue weighted by atomic mass is 9.93. The van der Waals surface area contributed by atoms with Gasteiger partial charge < -0.3 is 9.47 Å². The second kappa shape index (κ2) is 14.6. The summed E-state index contributed by atoms with van der Waals surface area (Å²) in [6.45, 7) is 2.02. The molecule has 2 heterocycles. The van der Waals surface area contributed by atoms with Gasteiger partial charge in [0, 0.05) is 30.3 Å². The number of esters is 1. The highest BCUT2D eigenvalue weighted by Gasteiger charge is 2.35. The van der Waals surface area contributed by atoms with Crippen LogP contribution in [-0.2, 0) is 16.1 Å². The first-order chi connectivity index (χ1) is 22.6. The van der Waals surface area contributed by atoms with Crippen LogP contribution in [0.25, 0.3) is 11.8 Å². The third-order valence-corrected chi connectivity index (χ3v) is 10.3. The van der Waals surface area contributed by atoms with Crippen LogP contribution in [-0.4, -0.2) is 17.1 Å². The van der Waals surface area contributed by atoms with Gasteiger partial charge >= 0.3 is 5.97 Å². The zero-order chi connectivity index (χ0) is 33.2. The SMILES string of the molecule is CCOC(=O)C1=C(c2ccccc2)N=c2s/c(=C\c3cc(I)cc(I)c3OCc3ccc(Cl)cc3Cl)c(=O)n2[C@H]1c1ccc(F)cc1. The third kappa shape index (κ3) is 7.21. The second-order valence-corrected chi connectivity index (χ2v) is 14.6. The van der Waals surface area contributed by atoms with Gasteiger partial charge in [0.2, 0.25) is 0 Å². The Labute approximate surface area is 310 Å². The summed E-state index contributed by atoms with van der Waals surface area (Å²) in [6.07, 6.45) is 1.77. The number of aromatic nitrogens is 1. The first-order valence-corrected chi connectivity index (χ1v) is 18.0. The van der Waals surface area contributed by atoms with Crippen LogP contribution in [0.3, 0.4) is 0 Å². The number of ether oxygens (including phenoxy) is 2. The first kappa shape index (κ1) is 33.8. The molecule has 6 rings (SSSR count). The van der Waals surface area contributed by atoms with Gasteiger partial charge in [0.1, 0.15) is 18.2 Å². The molecule has 0 saturated carbocycles. The summed E-state index contributed by atoms with van der Waals surface area (Å²) in [4.78, 5) is 33.2. The highest BCUT2D eigenvalue weighted by Crippen LogP contribution is 2.36. The molecule has 0 radical (unpaired) electrons. The molecule has 0 N–H and O–H groups in total. The van der Waals surface area contributed by atoms with E-state index in [4.69, 9.17) is 37.7 Å². The molecule has 1 atom stereocenters. The molecule has 0 spiro atoms. The van der Waals surface area contributed by atoms with Crippen molar-refractivity contribution >= 4 is 97.5 Å². The Kier molecular flexibility index (Phi) is 10.5. The minimum atomic E-state index is -0.915. The number of benzene rings is 4. The number of carbonyl (C=O) groups is 1. The molecule has 0 unspecified atom stereocenters. The second-order valence-electron chi connectivity index (χ2n) is 10.3. The van der Waals surface area contributed by atoms with Crippen LogP contribution in [0.4, 0.5) is 4.39 Å². The Morgan fingerprint density at radius 1 is 1.04 bits per heavy atom. The molecule has 47 heavy (non-hydrogen) atoms. The summed E-state index contributed by atoms with van der Waals surface area (Å²) in [7, 11) is 0. The molecular formula is C35H23Cl2FI2N2O4S. The molecule has 0 saturated heterocycles. The molecule has 4 aromatic carbocycles. The van der Waals surface area contributed by atoms with Crippen molar-refractivity contribution in [2.75, 3.05) is 6.61 Å². The Morgan fingerprint density at radius 3 is 2.49 bits per heavy atom. The molecule has 0 aliphatic carbocycles. The highest BCUT2D eigenvalue weighted by molar-refractivity contribution is 14.1. The van der Waals surface area contributed by atoms with Gasteiger partial charge in [-0.25, -0.2) is 14.2 Å². The molecule has 5 aromatic rings. The van der Waals surface area contributed by atoms with E-state index in [0.29, 0.717) is 47.5 Å². The summed E-state index contributed by atoms with van der Waals surface area (Å²) in [5.41, 5.74) is 2.88. The predicted octanol–water partition coefficient (Wildman–Crippen LogP) is 8.17. The maximum atomic E-state index is 14.3. The average Bonchev–Trinajstić information content (AvgIpc) is 3.35. The van der Waals surface area contributed by atoms with E-state index >= 15 is 0 Å². The fourth-order valence-electron chi connectivity index (χ4n) is 5.17. The number of rotatable bonds is 8. The van der Waals surface area contributed by atoms with E-state index in [1.807, 2.05) is 48.5 Å². The summed E-state index contributed by atoms with van der Waals surface area (Å²) < 4.78 is 29.5. The Balaban J connectivity index is 1.55. The number of hydrogen-bond acceptors (Lipinski definition) is 6. The van der Waals surface area contributed by atoms with Gasteiger partial charge in [0.05, 0.1) is 32.0 Å². The van der Waals surface area contributed by atoms with Crippen molar-refractivity contribution in [1.29, 1.82) is 0 Å². The van der Waals surface area contributed by atoms with Crippen LogP contribution < -0.4 is 19.6 Å². The number of halogens is 5. The van der Waals surface area contributed by atoms with Crippen LogP contribution in [0.5, 0.6) is 5.75 Å². The average molecular weight is 911 g/mol. The Morgan fingerprint density at radius 2 is 1.79 bits per heavy atom. The number of carbonyl (C=O) groups excluding carboxylic acids is 1. The minimum absolute atomic E-state index is 0.125. The van der Waals surface area contributed by atoms with Crippen LogP contribution >= 0.6 is 79.7 Å². The fraction of sp³-hybridized carbons (Fsp3) is 0.114. The number of fused-ring (bicyclic) bond motifs is 1. The van der Waals surface area contributed by atoms with Crippen molar-refractivity contribution in [1.82, 2.24) is 4.57 Å². The van der Waals surface area contributed by atoms with Crippen LogP contribution in [0.15, 0.2) is 100 Å². The number of hydrogen-bond donors (Lipinski definition) is 0. The first-order valence-electron chi connectivity index (χ1n) is 14.2. The van der Waals surface area contributed by atoms with Gasteiger partial charge in [-0.15, -0.1) is 0 Å². The van der Waals surface area contributed by atoms with Crippen molar-refractivity contribution in [2.24, 2.45) is 4.99 Å². The Bertz CT molecular complexity index is 2220. The topological polar surface area (TPSA) is 69.9 Å². The van der Waals surface area contributed by atoms with E-state index in [-0.39, 0.29) is 24.3 Å². The molecule has 0 bridgehead atoms. The predicted molar refractivity (Wildman–Crippen MR) is 200 cm³/mol. The van der Waals surface area contributed by atoms with Gasteiger partial charge in [-0.3, -0.25) is 9.36 Å². The molecule has 6 nitrogen and oxygen atoms in total. The molecule has 1 aromatic heterocycles. The zero-order valence-corrected chi connectivity index (χ0v) is 31.1. The van der Waals surface area contributed by atoms with Gasteiger partial charge in [0.15, 0.2) is 4.80 Å². The minimum Gasteiger partial charge on any atom is -0.487 e. The molecule has 12 heteroatoms. The fourth-order valence-corrected chi connectivity index (χ4v) is 8.67. The summed E-state index contributed by atoms with van der Waals surface area (Å²) in [6, 6.07) is 23.2. The van der Waals surface area contributed by atoms with E-state index in [9.17, 15) is 14.0 Å². The maximum absolute atomic E-state index is 14.3. The Hall–Kier alpha value is -3.04. The number of thiazole rings is 1. The molecule has 0 fully saturated rings. The van der Waals surface area contributed by atoms with Crippen molar-refractivity contribution in [3.63, 3.8) is 0 Å². The van der Waals surface area contributed by atoms with E-state index in [1.165, 1.54) is 28.0 Å². The summed E-state index contributed by atoms with van der Waals surface area (Å²) in [5, 5.41) is 1.01. The quantitative estimate of drug-likeness (QED) is 0.117. The maximum Gasteiger partial charge on any atom is 0.338 e. The molecule has 0 amide bonds. The van der Waals surface area contributed by atoms with Crippen molar-refractivity contribution < 1.29 is 18.7 Å².